The van der Waals surface area contributed by atoms with Gasteiger partial charge in [0.05, 0.1) is 12.2 Å². The summed E-state index contributed by atoms with van der Waals surface area (Å²) < 4.78 is 6.02. The van der Waals surface area contributed by atoms with Gasteiger partial charge >= 0.3 is 11.9 Å². The number of hydrogen-bond donors (Lipinski definition) is 2. The van der Waals surface area contributed by atoms with E-state index in [4.69, 9.17) is 24.5 Å². The molecule has 0 radical (unpaired) electrons. The van der Waals surface area contributed by atoms with E-state index in [1.54, 1.807) is 6.07 Å². The maximum atomic E-state index is 9.19. The molecule has 1 aliphatic heterocycles. The summed E-state index contributed by atoms with van der Waals surface area (Å²) in [6, 6.07) is 20.4. The first-order chi connectivity index (χ1) is 13.9. The van der Waals surface area contributed by atoms with E-state index in [1.165, 1.54) is 5.56 Å². The lowest BCUT2D eigenvalue weighted by molar-refractivity contribution is -0.159. The highest BCUT2D eigenvalue weighted by Crippen LogP contribution is 2.33. The highest BCUT2D eigenvalue weighted by atomic mass is 16.5. The minimum atomic E-state index is -1.82. The van der Waals surface area contributed by atoms with Gasteiger partial charge in [-0.15, -0.1) is 0 Å². The number of piperidine rings is 1. The molecule has 7 nitrogen and oxygen atoms in total. The lowest BCUT2D eigenvalue weighted by Gasteiger charge is -2.37. The van der Waals surface area contributed by atoms with Crippen LogP contribution in [0.1, 0.15) is 23.5 Å². The van der Waals surface area contributed by atoms with Gasteiger partial charge in [0.1, 0.15) is 11.8 Å². The highest BCUT2D eigenvalue weighted by Gasteiger charge is 2.29. The second kappa shape index (κ2) is 10.8. The van der Waals surface area contributed by atoms with Gasteiger partial charge in [0.15, 0.2) is 0 Å². The molecule has 1 saturated heterocycles. The summed E-state index contributed by atoms with van der Waals surface area (Å²) in [6.45, 7) is 2.78. The molecule has 0 spiro atoms. The first-order valence-electron chi connectivity index (χ1n) is 9.24. The number of rotatable bonds is 4. The predicted molar refractivity (Wildman–Crippen MR) is 107 cm³/mol. The molecule has 7 heteroatoms. The second-order valence-corrected chi connectivity index (χ2v) is 6.86. The zero-order valence-electron chi connectivity index (χ0n) is 16.2. The van der Waals surface area contributed by atoms with Crippen molar-refractivity contribution < 1.29 is 24.5 Å². The Labute approximate surface area is 169 Å². The molecular formula is C22H24N2O5. The average Bonchev–Trinajstić information content (AvgIpc) is 2.73. The third kappa shape index (κ3) is 6.63. The molecule has 0 bridgehead atoms. The molecule has 2 aromatic carbocycles. The number of nitriles is 1. The van der Waals surface area contributed by atoms with Gasteiger partial charge in [-0.25, -0.2) is 9.59 Å². The quantitative estimate of drug-likeness (QED) is 0.765. The molecule has 1 heterocycles. The van der Waals surface area contributed by atoms with Crippen molar-refractivity contribution in [3.63, 3.8) is 0 Å². The summed E-state index contributed by atoms with van der Waals surface area (Å²) >= 11 is 0. The Morgan fingerprint density at radius 2 is 1.72 bits per heavy atom. The molecule has 29 heavy (non-hydrogen) atoms. The van der Waals surface area contributed by atoms with Crippen LogP contribution >= 0.6 is 0 Å². The van der Waals surface area contributed by atoms with Gasteiger partial charge in [-0.3, -0.25) is 0 Å². The van der Waals surface area contributed by atoms with E-state index in [9.17, 15) is 5.26 Å². The van der Waals surface area contributed by atoms with Crippen molar-refractivity contribution >= 4 is 11.9 Å². The van der Waals surface area contributed by atoms with Crippen molar-refractivity contribution in [2.24, 2.45) is 5.92 Å². The van der Waals surface area contributed by atoms with Crippen LogP contribution in [0.3, 0.4) is 0 Å². The Kier molecular flexibility index (Phi) is 8.19. The number of carboxylic acids is 2. The first kappa shape index (κ1) is 21.9. The summed E-state index contributed by atoms with van der Waals surface area (Å²) in [6.07, 6.45) is 1.15. The van der Waals surface area contributed by atoms with Crippen LogP contribution in [0.15, 0.2) is 54.6 Å². The van der Waals surface area contributed by atoms with Crippen LogP contribution in [-0.4, -0.2) is 53.8 Å². The molecule has 2 aromatic rings. The fourth-order valence-electron chi connectivity index (χ4n) is 3.40. The fraction of sp³-hybridized carbons (Fsp3) is 0.318. The van der Waals surface area contributed by atoms with Gasteiger partial charge < -0.3 is 19.8 Å². The maximum Gasteiger partial charge on any atom is 0.414 e. The number of likely N-dealkylation sites (tertiary alicyclic amines) is 1. The molecule has 0 aliphatic carbocycles. The summed E-state index contributed by atoms with van der Waals surface area (Å²) in [7, 11) is 2.16. The van der Waals surface area contributed by atoms with E-state index < -0.39 is 11.9 Å². The molecule has 2 atom stereocenters. The van der Waals surface area contributed by atoms with E-state index in [2.05, 4.69) is 48.3 Å². The third-order valence-corrected chi connectivity index (χ3v) is 4.81. The molecule has 1 aliphatic rings. The van der Waals surface area contributed by atoms with Gasteiger partial charge in [0, 0.05) is 12.5 Å². The Bertz CT molecular complexity index is 851. The van der Waals surface area contributed by atoms with E-state index in [1.807, 2.05) is 18.2 Å². The van der Waals surface area contributed by atoms with Gasteiger partial charge in [-0.1, -0.05) is 42.5 Å². The van der Waals surface area contributed by atoms with Crippen LogP contribution < -0.4 is 4.74 Å². The SMILES string of the molecule is CN1CC[C@@H](c2ccccc2)[C@H](COc2ccccc2C#N)C1.O=C(O)C(=O)O. The number of carboxylic acid groups (broad SMARTS) is 2. The Morgan fingerprint density at radius 3 is 2.34 bits per heavy atom. The molecule has 2 N–H and O–H groups in total. The van der Waals surface area contributed by atoms with E-state index >= 15 is 0 Å². The number of benzene rings is 2. The number of nitrogens with zero attached hydrogens (tertiary/aromatic N) is 2. The Balaban J connectivity index is 0.000000438. The maximum absolute atomic E-state index is 9.19. The smallest absolute Gasteiger partial charge is 0.414 e. The van der Waals surface area contributed by atoms with Crippen molar-refractivity contribution in [1.29, 1.82) is 5.26 Å². The molecular weight excluding hydrogens is 372 g/mol. The van der Waals surface area contributed by atoms with Crippen molar-refractivity contribution in [1.82, 2.24) is 4.90 Å². The monoisotopic (exact) mass is 396 g/mol. The minimum absolute atomic E-state index is 0.433. The third-order valence-electron chi connectivity index (χ3n) is 4.81. The molecule has 0 unspecified atom stereocenters. The summed E-state index contributed by atoms with van der Waals surface area (Å²) in [4.78, 5) is 20.6. The van der Waals surface area contributed by atoms with Crippen LogP contribution in [0.5, 0.6) is 5.75 Å². The average molecular weight is 396 g/mol. The molecule has 152 valence electrons. The minimum Gasteiger partial charge on any atom is -0.492 e. The van der Waals surface area contributed by atoms with Crippen molar-refractivity contribution in [2.45, 2.75) is 12.3 Å². The van der Waals surface area contributed by atoms with Crippen molar-refractivity contribution in [3.8, 4) is 11.8 Å². The normalized spacial score (nSPS) is 18.6. The van der Waals surface area contributed by atoms with Crippen LogP contribution in [0.25, 0.3) is 0 Å². The lowest BCUT2D eigenvalue weighted by atomic mass is 9.81. The molecule has 0 amide bonds. The van der Waals surface area contributed by atoms with Crippen molar-refractivity contribution in [2.75, 3.05) is 26.7 Å². The van der Waals surface area contributed by atoms with Gasteiger partial charge in [-0.05, 0) is 43.6 Å². The summed E-state index contributed by atoms with van der Waals surface area (Å²) in [5.74, 6) is -2.01. The zero-order valence-corrected chi connectivity index (χ0v) is 16.2. The van der Waals surface area contributed by atoms with Crippen LogP contribution in [0.4, 0.5) is 0 Å². The number of para-hydroxylation sites is 1. The van der Waals surface area contributed by atoms with Gasteiger partial charge in [-0.2, -0.15) is 5.26 Å². The Hall–Kier alpha value is -3.37. The second-order valence-electron chi connectivity index (χ2n) is 6.86. The topological polar surface area (TPSA) is 111 Å². The number of hydrogen-bond acceptors (Lipinski definition) is 5. The molecule has 3 rings (SSSR count). The fourth-order valence-corrected chi connectivity index (χ4v) is 3.40. The van der Waals surface area contributed by atoms with Crippen LogP contribution in [-0.2, 0) is 9.59 Å². The zero-order chi connectivity index (χ0) is 21.2. The van der Waals surface area contributed by atoms with Crippen LogP contribution in [0.2, 0.25) is 0 Å². The molecule has 0 aromatic heterocycles. The predicted octanol–water partition coefficient (Wildman–Crippen LogP) is 2.83. The largest absolute Gasteiger partial charge is 0.492 e. The summed E-state index contributed by atoms with van der Waals surface area (Å²) in [5, 5.41) is 24.0. The number of carbonyl (C=O) groups is 2. The van der Waals surface area contributed by atoms with E-state index in [-0.39, 0.29) is 0 Å². The number of aliphatic carboxylic acids is 2. The van der Waals surface area contributed by atoms with Gasteiger partial charge in [0.2, 0.25) is 0 Å². The Morgan fingerprint density at radius 1 is 1.10 bits per heavy atom. The standard InChI is InChI=1S/C20H22N2O.C2H2O4/c1-22-12-11-19(16-7-3-2-4-8-16)18(14-22)15-23-20-10-6-5-9-17(20)13-21;3-1(4)2(5)6/h2-10,18-19H,11-12,14-15H2,1H3;(H,3,4)(H,5,6)/t18-,19-;/m0./s1. The van der Waals surface area contributed by atoms with Gasteiger partial charge in [0.25, 0.3) is 0 Å². The van der Waals surface area contributed by atoms with E-state index in [0.717, 1.165) is 19.5 Å². The molecule has 1 fully saturated rings. The highest BCUT2D eigenvalue weighted by molar-refractivity contribution is 6.27. The lowest BCUT2D eigenvalue weighted by Crippen LogP contribution is -2.39. The summed E-state index contributed by atoms with van der Waals surface area (Å²) in [5.41, 5.74) is 2.00. The first-order valence-corrected chi connectivity index (χ1v) is 9.24. The van der Waals surface area contributed by atoms with Crippen molar-refractivity contribution in [3.05, 3.63) is 65.7 Å². The molecule has 0 saturated carbocycles. The van der Waals surface area contributed by atoms with Crippen LogP contribution in [0, 0.1) is 17.2 Å². The van der Waals surface area contributed by atoms with E-state index in [0.29, 0.717) is 29.8 Å². The number of ether oxygens (including phenoxy) is 1.